The first kappa shape index (κ1) is 23.2. The highest BCUT2D eigenvalue weighted by Crippen LogP contribution is 2.34. The lowest BCUT2D eigenvalue weighted by Crippen LogP contribution is -2.44. The molecule has 0 atom stereocenters. The number of halogens is 4. The second-order valence-electron chi connectivity index (χ2n) is 7.22. The molecule has 0 aliphatic rings. The van der Waals surface area contributed by atoms with Crippen molar-refractivity contribution in [1.82, 2.24) is 13.7 Å². The number of hydrogen-bond acceptors (Lipinski definition) is 6. The smallest absolute Gasteiger partial charge is 0.419 e. The molecular weight excluding hydrogens is 482 g/mol. The maximum absolute atomic E-state index is 14.0. The third-order valence-electron chi connectivity index (χ3n) is 5.16. The third-order valence-corrected chi connectivity index (χ3v) is 6.15. The minimum absolute atomic E-state index is 0.0471. The Morgan fingerprint density at radius 3 is 2.47 bits per heavy atom. The van der Waals surface area contributed by atoms with Crippen molar-refractivity contribution in [2.45, 2.75) is 12.7 Å². The van der Waals surface area contributed by atoms with Gasteiger partial charge < -0.3 is 14.5 Å². The number of nitrogens with zero attached hydrogens (tertiary/aromatic N) is 3. The minimum atomic E-state index is -5.13. The second-order valence-corrected chi connectivity index (χ2v) is 8.22. The average Bonchev–Trinajstić information content (AvgIpc) is 3.03. The van der Waals surface area contributed by atoms with Gasteiger partial charge in [-0.3, -0.25) is 18.7 Å². The third kappa shape index (κ3) is 3.83. The summed E-state index contributed by atoms with van der Waals surface area (Å²) in [5.74, 6) is -3.58. The van der Waals surface area contributed by atoms with Gasteiger partial charge in [0.25, 0.3) is 5.56 Å². The van der Waals surface area contributed by atoms with Gasteiger partial charge in [0.05, 0.1) is 39.5 Å². The molecule has 0 saturated carbocycles. The molecule has 4 rings (SSSR count). The molecule has 4 aromatic rings. The number of fused-ring (bicyclic) bond motifs is 1. The van der Waals surface area contributed by atoms with Crippen molar-refractivity contribution in [1.29, 1.82) is 0 Å². The fraction of sp³-hybridized carbons (Fsp3) is 0.143. The Bertz CT molecular complexity index is 1650. The number of carbonyl (C=O) groups is 1. The van der Waals surface area contributed by atoms with Crippen molar-refractivity contribution >= 4 is 27.5 Å². The van der Waals surface area contributed by atoms with E-state index >= 15 is 0 Å². The molecule has 13 heteroatoms. The van der Waals surface area contributed by atoms with Gasteiger partial charge in [0.15, 0.2) is 0 Å². The summed E-state index contributed by atoms with van der Waals surface area (Å²) in [6.07, 6.45) is -4.44. The molecule has 0 N–H and O–H groups in total. The Morgan fingerprint density at radius 2 is 1.82 bits per heavy atom. The highest BCUT2D eigenvalue weighted by atomic mass is 32.1. The van der Waals surface area contributed by atoms with E-state index in [1.165, 1.54) is 29.8 Å². The quantitative estimate of drug-likeness (QED) is 0.400. The van der Waals surface area contributed by atoms with Crippen LogP contribution in [-0.4, -0.2) is 19.7 Å². The molecule has 0 fully saturated rings. The first-order chi connectivity index (χ1) is 15.9. The van der Waals surface area contributed by atoms with E-state index in [9.17, 15) is 41.8 Å². The Morgan fingerprint density at radius 1 is 1.12 bits per heavy atom. The van der Waals surface area contributed by atoms with Crippen molar-refractivity contribution in [3.05, 3.63) is 95.6 Å². The molecular formula is C21H12F4N3O5S-. The monoisotopic (exact) mass is 494 g/mol. The summed E-state index contributed by atoms with van der Waals surface area (Å²) in [5, 5.41) is 11.5. The Labute approximate surface area is 190 Å². The standard InChI is InChI=1S/C21H13F4N3O5S/c1-26-14-6-5-11(7-15(14)34-20(26)33)27-9-12(18(30)31)17(29)28(19(27)32)8-10-3-2-4-13(22)16(10)21(23,24)25/h2-7,9H,8H2,1H3,(H,30,31)/p-1. The maximum Gasteiger partial charge on any atom is 0.419 e. The number of carbonyl (C=O) groups excluding carboxylic acids is 1. The van der Waals surface area contributed by atoms with Gasteiger partial charge in [0.2, 0.25) is 0 Å². The number of benzene rings is 2. The van der Waals surface area contributed by atoms with E-state index in [-0.39, 0.29) is 15.1 Å². The molecule has 0 unspecified atom stereocenters. The molecule has 2 heterocycles. The van der Waals surface area contributed by atoms with E-state index in [0.29, 0.717) is 22.5 Å². The summed E-state index contributed by atoms with van der Waals surface area (Å²) in [6, 6.07) is 6.66. The molecule has 34 heavy (non-hydrogen) atoms. The molecule has 0 bridgehead atoms. The van der Waals surface area contributed by atoms with Crippen LogP contribution in [0.2, 0.25) is 0 Å². The van der Waals surface area contributed by atoms with E-state index in [0.717, 1.165) is 28.0 Å². The fourth-order valence-electron chi connectivity index (χ4n) is 3.53. The first-order valence-corrected chi connectivity index (χ1v) is 10.2. The van der Waals surface area contributed by atoms with Crippen molar-refractivity contribution < 1.29 is 27.5 Å². The number of hydrogen-bond donors (Lipinski definition) is 0. The highest BCUT2D eigenvalue weighted by molar-refractivity contribution is 7.16. The number of aromatic nitrogens is 3. The van der Waals surface area contributed by atoms with Gasteiger partial charge in [-0.2, -0.15) is 13.2 Å². The van der Waals surface area contributed by atoms with E-state index in [1.54, 1.807) is 0 Å². The van der Waals surface area contributed by atoms with Crippen molar-refractivity contribution in [3.63, 3.8) is 0 Å². The summed E-state index contributed by atoms with van der Waals surface area (Å²) in [7, 11) is 1.53. The first-order valence-electron chi connectivity index (χ1n) is 9.42. The van der Waals surface area contributed by atoms with Crippen LogP contribution in [0.15, 0.2) is 57.0 Å². The predicted octanol–water partition coefficient (Wildman–Crippen LogP) is 1.48. The number of aromatic carboxylic acids is 1. The van der Waals surface area contributed by atoms with Crippen molar-refractivity contribution in [3.8, 4) is 5.69 Å². The van der Waals surface area contributed by atoms with Gasteiger partial charge in [-0.15, -0.1) is 0 Å². The summed E-state index contributed by atoms with van der Waals surface area (Å²) < 4.78 is 57.0. The van der Waals surface area contributed by atoms with Gasteiger partial charge in [-0.1, -0.05) is 23.5 Å². The van der Waals surface area contributed by atoms with Gasteiger partial charge in [-0.25, -0.2) is 9.18 Å². The molecule has 8 nitrogen and oxygen atoms in total. The van der Waals surface area contributed by atoms with Crippen molar-refractivity contribution in [2.75, 3.05) is 0 Å². The van der Waals surface area contributed by atoms with Crippen LogP contribution in [0.5, 0.6) is 0 Å². The van der Waals surface area contributed by atoms with E-state index in [2.05, 4.69) is 0 Å². The van der Waals surface area contributed by atoms with E-state index < -0.39 is 52.4 Å². The maximum atomic E-state index is 14.0. The van der Waals surface area contributed by atoms with Crippen LogP contribution in [0.4, 0.5) is 17.6 Å². The number of carboxylic acids is 1. The van der Waals surface area contributed by atoms with Gasteiger partial charge in [0.1, 0.15) is 5.82 Å². The predicted molar refractivity (Wildman–Crippen MR) is 112 cm³/mol. The zero-order chi connectivity index (χ0) is 24.9. The molecule has 0 aliphatic carbocycles. The Hall–Kier alpha value is -4.00. The zero-order valence-electron chi connectivity index (χ0n) is 17.1. The lowest BCUT2D eigenvalue weighted by Gasteiger charge is -2.17. The van der Waals surface area contributed by atoms with Gasteiger partial charge >= 0.3 is 16.7 Å². The molecule has 0 saturated heterocycles. The molecule has 0 aliphatic heterocycles. The van der Waals surface area contributed by atoms with E-state index in [1.807, 2.05) is 0 Å². The molecule has 2 aromatic heterocycles. The van der Waals surface area contributed by atoms with Crippen LogP contribution in [0.25, 0.3) is 15.9 Å². The molecule has 0 spiro atoms. The average molecular weight is 494 g/mol. The summed E-state index contributed by atoms with van der Waals surface area (Å²) in [6.45, 7) is -1.05. The molecule has 0 radical (unpaired) electrons. The van der Waals surface area contributed by atoms with Crippen LogP contribution in [0.3, 0.4) is 0 Å². The fourth-order valence-corrected chi connectivity index (χ4v) is 4.44. The zero-order valence-corrected chi connectivity index (χ0v) is 17.9. The number of aryl methyl sites for hydroxylation is 1. The van der Waals surface area contributed by atoms with Gasteiger partial charge in [0, 0.05) is 13.2 Å². The van der Waals surface area contributed by atoms with Crippen LogP contribution < -0.4 is 21.2 Å². The Balaban J connectivity index is 1.97. The van der Waals surface area contributed by atoms with Crippen LogP contribution >= 0.6 is 11.3 Å². The van der Waals surface area contributed by atoms with Crippen molar-refractivity contribution in [2.24, 2.45) is 7.05 Å². The largest absolute Gasteiger partial charge is 0.545 e. The molecule has 176 valence electrons. The second kappa shape index (κ2) is 8.09. The highest BCUT2D eigenvalue weighted by Gasteiger charge is 2.37. The molecule has 2 aromatic carbocycles. The van der Waals surface area contributed by atoms with Crippen LogP contribution in [0.1, 0.15) is 21.5 Å². The molecule has 0 amide bonds. The van der Waals surface area contributed by atoms with E-state index in [4.69, 9.17) is 0 Å². The summed E-state index contributed by atoms with van der Waals surface area (Å²) in [4.78, 5) is 48.9. The number of thiazole rings is 1. The minimum Gasteiger partial charge on any atom is -0.545 e. The topological polar surface area (TPSA) is 106 Å². The van der Waals surface area contributed by atoms with Crippen LogP contribution in [0, 0.1) is 5.82 Å². The number of carboxylic acid groups (broad SMARTS) is 1. The van der Waals surface area contributed by atoms with Crippen LogP contribution in [-0.2, 0) is 19.8 Å². The Kier molecular flexibility index (Phi) is 5.52. The van der Waals surface area contributed by atoms with Gasteiger partial charge in [-0.05, 0) is 29.8 Å². The lowest BCUT2D eigenvalue weighted by molar-refractivity contribution is -0.255. The number of rotatable bonds is 4. The lowest BCUT2D eigenvalue weighted by atomic mass is 10.1. The normalized spacial score (nSPS) is 11.8. The SMILES string of the molecule is Cn1c(=O)sc2cc(-n3cc(C(=O)[O-])c(=O)n(Cc4cccc(F)c4C(F)(F)F)c3=O)ccc21. The summed E-state index contributed by atoms with van der Waals surface area (Å²) >= 11 is 0.848. The summed E-state index contributed by atoms with van der Waals surface area (Å²) in [5.41, 5.74) is -5.43. The number of alkyl halides is 3.